The maximum atomic E-state index is 12.6. The molecule has 2 atom stereocenters. The van der Waals surface area contributed by atoms with E-state index in [1.807, 2.05) is 43.3 Å². The van der Waals surface area contributed by atoms with Gasteiger partial charge in [0.15, 0.2) is 0 Å². The van der Waals surface area contributed by atoms with E-state index in [1.165, 1.54) is 0 Å². The Hall–Kier alpha value is -2.69. The molecule has 1 saturated heterocycles. The third-order valence-corrected chi connectivity index (χ3v) is 4.81. The molecule has 2 aromatic rings. The summed E-state index contributed by atoms with van der Waals surface area (Å²) in [5.41, 5.74) is 3.03. The van der Waals surface area contributed by atoms with Crippen molar-refractivity contribution in [2.24, 2.45) is 5.92 Å². The van der Waals surface area contributed by atoms with Crippen LogP contribution in [0, 0.1) is 12.8 Å². The van der Waals surface area contributed by atoms with Gasteiger partial charge in [0, 0.05) is 25.4 Å². The van der Waals surface area contributed by atoms with Gasteiger partial charge in [0.2, 0.25) is 5.91 Å². The van der Waals surface area contributed by atoms with Crippen molar-refractivity contribution in [2.75, 3.05) is 6.54 Å². The molecule has 1 fully saturated rings. The van der Waals surface area contributed by atoms with Gasteiger partial charge in [0.25, 0.3) is 0 Å². The number of amides is 1. The largest absolute Gasteiger partial charge is 0.481 e. The molecule has 130 valence electrons. The van der Waals surface area contributed by atoms with Gasteiger partial charge in [0.05, 0.1) is 12.0 Å². The molecule has 1 aromatic heterocycles. The van der Waals surface area contributed by atoms with E-state index in [2.05, 4.69) is 4.98 Å². The van der Waals surface area contributed by atoms with E-state index in [4.69, 9.17) is 0 Å². The van der Waals surface area contributed by atoms with Gasteiger partial charge in [-0.25, -0.2) is 0 Å². The highest BCUT2D eigenvalue weighted by molar-refractivity contribution is 5.81. The minimum atomic E-state index is -0.843. The van der Waals surface area contributed by atoms with Crippen LogP contribution in [0.15, 0.2) is 48.8 Å². The van der Waals surface area contributed by atoms with Gasteiger partial charge in [-0.15, -0.1) is 0 Å². The SMILES string of the molecule is Cc1ccc([C@@H]2[C@@H](C(=O)O)CCC(=O)N2CCc2cccnc2)cc1. The molecular formula is C20H22N2O3. The number of likely N-dealkylation sites (tertiary alicyclic amines) is 1. The van der Waals surface area contributed by atoms with E-state index >= 15 is 0 Å². The standard InChI is InChI=1S/C20H22N2O3/c1-14-4-6-16(7-5-14)19-17(20(24)25)8-9-18(23)22(19)12-10-15-3-2-11-21-13-15/h2-7,11,13,17,19H,8-10,12H2,1H3,(H,24,25)/t17-,19+/m0/s1. The van der Waals surface area contributed by atoms with Crippen molar-refractivity contribution in [3.8, 4) is 0 Å². The fraction of sp³-hybridized carbons (Fsp3) is 0.350. The summed E-state index contributed by atoms with van der Waals surface area (Å²) in [5, 5.41) is 9.67. The topological polar surface area (TPSA) is 70.5 Å². The van der Waals surface area contributed by atoms with E-state index < -0.39 is 17.9 Å². The third kappa shape index (κ3) is 3.87. The van der Waals surface area contributed by atoms with E-state index in [-0.39, 0.29) is 12.3 Å². The number of nitrogens with zero attached hydrogens (tertiary/aromatic N) is 2. The number of aliphatic carboxylic acids is 1. The zero-order valence-corrected chi connectivity index (χ0v) is 14.3. The summed E-state index contributed by atoms with van der Waals surface area (Å²) in [6, 6.07) is 11.2. The highest BCUT2D eigenvalue weighted by Gasteiger charge is 2.40. The van der Waals surface area contributed by atoms with Crippen molar-refractivity contribution in [1.82, 2.24) is 9.88 Å². The maximum absolute atomic E-state index is 12.6. The predicted molar refractivity (Wildman–Crippen MR) is 93.9 cm³/mol. The molecule has 0 spiro atoms. The Balaban J connectivity index is 1.88. The minimum Gasteiger partial charge on any atom is -0.481 e. The van der Waals surface area contributed by atoms with Crippen LogP contribution in [-0.2, 0) is 16.0 Å². The normalized spacial score (nSPS) is 20.5. The average molecular weight is 338 g/mol. The number of hydrogen-bond acceptors (Lipinski definition) is 3. The summed E-state index contributed by atoms with van der Waals surface area (Å²) >= 11 is 0. The summed E-state index contributed by atoms with van der Waals surface area (Å²) in [6.07, 6.45) is 4.83. The van der Waals surface area contributed by atoms with E-state index in [1.54, 1.807) is 17.3 Å². The number of aryl methyl sites for hydroxylation is 1. The lowest BCUT2D eigenvalue weighted by atomic mass is 9.84. The number of benzene rings is 1. The number of hydrogen-bond donors (Lipinski definition) is 1. The molecule has 0 bridgehead atoms. The highest BCUT2D eigenvalue weighted by atomic mass is 16.4. The van der Waals surface area contributed by atoms with Gasteiger partial charge >= 0.3 is 5.97 Å². The highest BCUT2D eigenvalue weighted by Crippen LogP contribution is 2.37. The Morgan fingerprint density at radius 1 is 1.28 bits per heavy atom. The van der Waals surface area contributed by atoms with Crippen LogP contribution in [0.25, 0.3) is 0 Å². The van der Waals surface area contributed by atoms with Gasteiger partial charge in [-0.1, -0.05) is 35.9 Å². The van der Waals surface area contributed by atoms with E-state index in [9.17, 15) is 14.7 Å². The smallest absolute Gasteiger partial charge is 0.308 e. The molecule has 3 rings (SSSR count). The molecule has 0 unspecified atom stereocenters. The van der Waals surface area contributed by atoms with E-state index in [0.29, 0.717) is 19.4 Å². The minimum absolute atomic E-state index is 0.0203. The molecule has 1 N–H and O–H groups in total. The second kappa shape index (κ2) is 7.47. The van der Waals surface area contributed by atoms with Crippen LogP contribution in [0.5, 0.6) is 0 Å². The summed E-state index contributed by atoms with van der Waals surface area (Å²) in [7, 11) is 0. The Kier molecular flexibility index (Phi) is 5.12. The Morgan fingerprint density at radius 2 is 2.04 bits per heavy atom. The Labute approximate surface area is 147 Å². The first-order valence-corrected chi connectivity index (χ1v) is 8.54. The van der Waals surface area contributed by atoms with Crippen LogP contribution in [0.4, 0.5) is 0 Å². The number of aromatic nitrogens is 1. The molecule has 5 heteroatoms. The monoisotopic (exact) mass is 338 g/mol. The number of carbonyl (C=O) groups is 2. The first kappa shape index (κ1) is 17.1. The van der Waals surface area contributed by atoms with Crippen molar-refractivity contribution in [2.45, 2.75) is 32.2 Å². The molecule has 5 nitrogen and oxygen atoms in total. The number of pyridine rings is 1. The molecule has 1 amide bonds. The zero-order valence-electron chi connectivity index (χ0n) is 14.3. The number of rotatable bonds is 5. The fourth-order valence-corrected chi connectivity index (χ4v) is 3.45. The molecular weight excluding hydrogens is 316 g/mol. The lowest BCUT2D eigenvalue weighted by Gasteiger charge is -2.40. The van der Waals surface area contributed by atoms with Crippen LogP contribution in [0.3, 0.4) is 0 Å². The van der Waals surface area contributed by atoms with Crippen LogP contribution in [-0.4, -0.2) is 33.4 Å². The molecule has 0 aliphatic carbocycles. The first-order valence-electron chi connectivity index (χ1n) is 8.54. The number of carbonyl (C=O) groups excluding carboxylic acids is 1. The van der Waals surface area contributed by atoms with Crippen molar-refractivity contribution in [1.29, 1.82) is 0 Å². The average Bonchev–Trinajstić information content (AvgIpc) is 2.62. The molecule has 25 heavy (non-hydrogen) atoms. The second-order valence-corrected chi connectivity index (χ2v) is 6.54. The molecule has 2 heterocycles. The van der Waals surface area contributed by atoms with Gasteiger partial charge in [-0.05, 0) is 37.0 Å². The summed E-state index contributed by atoms with van der Waals surface area (Å²) in [5.74, 6) is -1.40. The number of carboxylic acids is 1. The molecule has 1 aliphatic rings. The van der Waals surface area contributed by atoms with Crippen molar-refractivity contribution in [3.63, 3.8) is 0 Å². The maximum Gasteiger partial charge on any atom is 0.308 e. The lowest BCUT2D eigenvalue weighted by Crippen LogP contribution is -2.46. The lowest BCUT2D eigenvalue weighted by molar-refractivity contribution is -0.152. The quantitative estimate of drug-likeness (QED) is 0.910. The van der Waals surface area contributed by atoms with E-state index in [0.717, 1.165) is 16.7 Å². The Morgan fingerprint density at radius 3 is 2.68 bits per heavy atom. The number of carboxylic acid groups (broad SMARTS) is 1. The first-order chi connectivity index (χ1) is 12.1. The third-order valence-electron chi connectivity index (χ3n) is 4.81. The zero-order chi connectivity index (χ0) is 17.8. The predicted octanol–water partition coefficient (Wildman–Crippen LogP) is 3.00. The van der Waals surface area contributed by atoms with Gasteiger partial charge < -0.3 is 10.0 Å². The van der Waals surface area contributed by atoms with Crippen molar-refractivity contribution in [3.05, 3.63) is 65.5 Å². The fourth-order valence-electron chi connectivity index (χ4n) is 3.45. The van der Waals surface area contributed by atoms with Crippen LogP contribution in [0.1, 0.15) is 35.6 Å². The summed E-state index contributed by atoms with van der Waals surface area (Å²) in [4.78, 5) is 30.2. The van der Waals surface area contributed by atoms with Crippen LogP contribution in [0.2, 0.25) is 0 Å². The van der Waals surface area contributed by atoms with Gasteiger partial charge in [0.1, 0.15) is 0 Å². The van der Waals surface area contributed by atoms with Crippen LogP contribution >= 0.6 is 0 Å². The van der Waals surface area contributed by atoms with Crippen molar-refractivity contribution >= 4 is 11.9 Å². The molecule has 0 saturated carbocycles. The molecule has 1 aliphatic heterocycles. The molecule has 0 radical (unpaired) electrons. The summed E-state index contributed by atoms with van der Waals surface area (Å²) in [6.45, 7) is 2.48. The Bertz CT molecular complexity index is 743. The van der Waals surface area contributed by atoms with Crippen molar-refractivity contribution < 1.29 is 14.7 Å². The van der Waals surface area contributed by atoms with Gasteiger partial charge in [-0.3, -0.25) is 14.6 Å². The van der Waals surface area contributed by atoms with Crippen LogP contribution < -0.4 is 0 Å². The summed E-state index contributed by atoms with van der Waals surface area (Å²) < 4.78 is 0. The second-order valence-electron chi connectivity index (χ2n) is 6.54. The van der Waals surface area contributed by atoms with Gasteiger partial charge in [-0.2, -0.15) is 0 Å². The number of piperidine rings is 1. The molecule has 1 aromatic carbocycles.